The molecule has 2 unspecified atom stereocenters. The van der Waals surface area contributed by atoms with Gasteiger partial charge >= 0.3 is 0 Å². The van der Waals surface area contributed by atoms with Gasteiger partial charge in [-0.25, -0.2) is 0 Å². The van der Waals surface area contributed by atoms with E-state index in [1.165, 1.54) is 29.2 Å². The van der Waals surface area contributed by atoms with E-state index in [0.29, 0.717) is 12.0 Å². The molecule has 0 aromatic heterocycles. The average Bonchev–Trinajstić information content (AvgIpc) is 3.22. The van der Waals surface area contributed by atoms with Crippen molar-refractivity contribution in [2.45, 2.75) is 32.2 Å². The monoisotopic (exact) mass is 239 g/mol. The van der Waals surface area contributed by atoms with Gasteiger partial charge in [0, 0.05) is 6.04 Å². The van der Waals surface area contributed by atoms with Gasteiger partial charge in [-0.1, -0.05) is 49.4 Å². The molecule has 0 spiro atoms. The highest BCUT2D eigenvalue weighted by Crippen LogP contribution is 2.38. The number of hydrogen-bond acceptors (Lipinski definition) is 1. The van der Waals surface area contributed by atoms with Crippen LogP contribution in [-0.4, -0.2) is 6.04 Å². The molecule has 0 amide bonds. The van der Waals surface area contributed by atoms with Crippen LogP contribution in [0.1, 0.15) is 25.3 Å². The predicted molar refractivity (Wildman–Crippen MR) is 77.5 cm³/mol. The summed E-state index contributed by atoms with van der Waals surface area (Å²) in [5.74, 6) is 1.54. The molecule has 2 aromatic carbocycles. The van der Waals surface area contributed by atoms with E-state index in [9.17, 15) is 0 Å². The highest BCUT2D eigenvalue weighted by atomic mass is 14.7. The molecule has 1 aliphatic rings. The lowest BCUT2D eigenvalue weighted by atomic mass is 9.90. The first-order chi connectivity index (χ1) is 8.75. The molecule has 1 fully saturated rings. The van der Waals surface area contributed by atoms with Crippen LogP contribution >= 0.6 is 0 Å². The number of rotatable bonds is 4. The molecule has 1 saturated carbocycles. The minimum Gasteiger partial charge on any atom is -0.327 e. The van der Waals surface area contributed by atoms with E-state index in [1.807, 2.05) is 0 Å². The zero-order valence-electron chi connectivity index (χ0n) is 11.0. The summed E-state index contributed by atoms with van der Waals surface area (Å²) in [5, 5.41) is 2.68. The highest BCUT2D eigenvalue weighted by Gasteiger charge is 2.31. The van der Waals surface area contributed by atoms with Crippen LogP contribution < -0.4 is 5.73 Å². The summed E-state index contributed by atoms with van der Waals surface area (Å²) in [6.45, 7) is 2.31. The van der Waals surface area contributed by atoms with Gasteiger partial charge < -0.3 is 5.73 Å². The van der Waals surface area contributed by atoms with Crippen LogP contribution in [0, 0.1) is 11.8 Å². The SMILES string of the molecule is CC(C(N)Cc1cccc2ccccc12)C1CC1. The van der Waals surface area contributed by atoms with E-state index in [-0.39, 0.29) is 0 Å². The van der Waals surface area contributed by atoms with Gasteiger partial charge in [0.15, 0.2) is 0 Å². The Morgan fingerprint density at radius 1 is 1.11 bits per heavy atom. The second-order valence-corrected chi connectivity index (χ2v) is 5.70. The number of hydrogen-bond donors (Lipinski definition) is 1. The molecule has 0 bridgehead atoms. The zero-order valence-corrected chi connectivity index (χ0v) is 11.0. The molecule has 18 heavy (non-hydrogen) atoms. The molecule has 0 heterocycles. The fourth-order valence-corrected chi connectivity index (χ4v) is 2.88. The minimum absolute atomic E-state index is 0.295. The third-order valence-electron chi connectivity index (χ3n) is 4.38. The lowest BCUT2D eigenvalue weighted by Gasteiger charge is -2.20. The smallest absolute Gasteiger partial charge is 0.0108 e. The van der Waals surface area contributed by atoms with Crippen molar-refractivity contribution >= 4 is 10.8 Å². The van der Waals surface area contributed by atoms with E-state index in [1.54, 1.807) is 0 Å². The quantitative estimate of drug-likeness (QED) is 0.864. The normalized spacial score (nSPS) is 18.8. The molecule has 2 aromatic rings. The van der Waals surface area contributed by atoms with E-state index in [0.717, 1.165) is 12.3 Å². The Morgan fingerprint density at radius 3 is 2.61 bits per heavy atom. The van der Waals surface area contributed by atoms with Crippen LogP contribution in [0.4, 0.5) is 0 Å². The third-order valence-corrected chi connectivity index (χ3v) is 4.38. The fraction of sp³-hybridized carbons (Fsp3) is 0.412. The second-order valence-electron chi connectivity index (χ2n) is 5.70. The lowest BCUT2D eigenvalue weighted by molar-refractivity contribution is 0.405. The van der Waals surface area contributed by atoms with Crippen molar-refractivity contribution in [2.24, 2.45) is 17.6 Å². The van der Waals surface area contributed by atoms with Crippen molar-refractivity contribution < 1.29 is 0 Å². The van der Waals surface area contributed by atoms with Gasteiger partial charge in [0.05, 0.1) is 0 Å². The molecular weight excluding hydrogens is 218 g/mol. The van der Waals surface area contributed by atoms with Crippen molar-refractivity contribution in [3.05, 3.63) is 48.0 Å². The summed E-state index contributed by atoms with van der Waals surface area (Å²) in [6.07, 6.45) is 3.76. The van der Waals surface area contributed by atoms with Crippen molar-refractivity contribution in [3.8, 4) is 0 Å². The van der Waals surface area contributed by atoms with Gasteiger partial charge in [0.2, 0.25) is 0 Å². The Hall–Kier alpha value is -1.34. The lowest BCUT2D eigenvalue weighted by Crippen LogP contribution is -2.31. The number of benzene rings is 2. The van der Waals surface area contributed by atoms with Crippen molar-refractivity contribution in [3.63, 3.8) is 0 Å². The van der Waals surface area contributed by atoms with Crippen LogP contribution in [0.15, 0.2) is 42.5 Å². The summed E-state index contributed by atoms with van der Waals surface area (Å²) < 4.78 is 0. The summed E-state index contributed by atoms with van der Waals surface area (Å²) in [7, 11) is 0. The molecular formula is C17H21N. The van der Waals surface area contributed by atoms with Gasteiger partial charge in [-0.2, -0.15) is 0 Å². The van der Waals surface area contributed by atoms with E-state index >= 15 is 0 Å². The van der Waals surface area contributed by atoms with Gasteiger partial charge in [0.1, 0.15) is 0 Å². The van der Waals surface area contributed by atoms with Crippen LogP contribution in [-0.2, 0) is 6.42 Å². The topological polar surface area (TPSA) is 26.0 Å². The predicted octanol–water partition coefficient (Wildman–Crippen LogP) is 3.76. The Labute approximate surface area is 109 Å². The molecule has 1 aliphatic carbocycles. The average molecular weight is 239 g/mol. The maximum atomic E-state index is 6.38. The van der Waals surface area contributed by atoms with Crippen LogP contribution in [0.5, 0.6) is 0 Å². The molecule has 0 radical (unpaired) electrons. The maximum Gasteiger partial charge on any atom is 0.0108 e. The van der Waals surface area contributed by atoms with Gasteiger partial charge in [-0.15, -0.1) is 0 Å². The Balaban J connectivity index is 1.85. The Bertz CT molecular complexity index is 537. The molecule has 94 valence electrons. The van der Waals surface area contributed by atoms with E-state index in [2.05, 4.69) is 49.4 Å². The molecule has 3 rings (SSSR count). The number of fused-ring (bicyclic) bond motifs is 1. The van der Waals surface area contributed by atoms with Crippen LogP contribution in [0.3, 0.4) is 0 Å². The van der Waals surface area contributed by atoms with E-state index < -0.39 is 0 Å². The van der Waals surface area contributed by atoms with E-state index in [4.69, 9.17) is 5.73 Å². The second kappa shape index (κ2) is 4.74. The largest absolute Gasteiger partial charge is 0.327 e. The van der Waals surface area contributed by atoms with Gasteiger partial charge in [-0.3, -0.25) is 0 Å². The van der Waals surface area contributed by atoms with Crippen molar-refractivity contribution in [2.75, 3.05) is 0 Å². The summed E-state index contributed by atoms with van der Waals surface area (Å²) in [4.78, 5) is 0. The Kier molecular flexibility index (Phi) is 3.09. The van der Waals surface area contributed by atoms with Gasteiger partial charge in [-0.05, 0) is 47.4 Å². The van der Waals surface area contributed by atoms with Crippen LogP contribution in [0.2, 0.25) is 0 Å². The number of nitrogens with two attached hydrogens (primary N) is 1. The molecule has 2 N–H and O–H groups in total. The highest BCUT2D eigenvalue weighted by molar-refractivity contribution is 5.85. The summed E-state index contributed by atoms with van der Waals surface area (Å²) in [5.41, 5.74) is 7.78. The summed E-state index contributed by atoms with van der Waals surface area (Å²) in [6, 6.07) is 15.4. The minimum atomic E-state index is 0.295. The molecule has 2 atom stereocenters. The molecule has 1 heteroatoms. The van der Waals surface area contributed by atoms with Crippen LogP contribution in [0.25, 0.3) is 10.8 Å². The third kappa shape index (κ3) is 2.28. The molecule has 1 nitrogen and oxygen atoms in total. The molecule has 0 saturated heterocycles. The first-order valence-corrected chi connectivity index (χ1v) is 6.98. The maximum absolute atomic E-state index is 6.38. The molecule has 0 aliphatic heterocycles. The van der Waals surface area contributed by atoms with Gasteiger partial charge in [0.25, 0.3) is 0 Å². The van der Waals surface area contributed by atoms with Crippen molar-refractivity contribution in [1.29, 1.82) is 0 Å². The first kappa shape index (κ1) is 11.7. The fourth-order valence-electron chi connectivity index (χ4n) is 2.88. The first-order valence-electron chi connectivity index (χ1n) is 6.98. The summed E-state index contributed by atoms with van der Waals surface area (Å²) >= 11 is 0. The Morgan fingerprint density at radius 2 is 1.83 bits per heavy atom. The standard InChI is InChI=1S/C17H21N/c1-12(13-9-10-13)17(18)11-15-7-4-6-14-5-2-3-8-16(14)15/h2-8,12-13,17H,9-11,18H2,1H3. The van der Waals surface area contributed by atoms with Crippen molar-refractivity contribution in [1.82, 2.24) is 0 Å². The zero-order chi connectivity index (χ0) is 12.5.